The fourth-order valence-corrected chi connectivity index (χ4v) is 2.02. The third-order valence-electron chi connectivity index (χ3n) is 3.25. The number of nitrogens with two attached hydrogens (primary N) is 1. The van der Waals surface area contributed by atoms with Gasteiger partial charge in [-0.1, -0.05) is 12.1 Å². The summed E-state index contributed by atoms with van der Waals surface area (Å²) in [6, 6.07) is 11.0. The Labute approximate surface area is 131 Å². The average Bonchev–Trinajstić information content (AvgIpc) is 3.03. The maximum atomic E-state index is 12.9. The van der Waals surface area contributed by atoms with Gasteiger partial charge in [-0.2, -0.15) is 5.10 Å². The molecule has 23 heavy (non-hydrogen) atoms. The summed E-state index contributed by atoms with van der Waals surface area (Å²) in [5.41, 5.74) is 6.76. The fourth-order valence-electron chi connectivity index (χ4n) is 2.02. The van der Waals surface area contributed by atoms with E-state index < -0.39 is 6.04 Å². The van der Waals surface area contributed by atoms with Gasteiger partial charge in [-0.3, -0.25) is 5.10 Å². The molecular weight excluding hydrogens is 302 g/mol. The monoisotopic (exact) mass is 316 g/mol. The Morgan fingerprint density at radius 3 is 2.26 bits per heavy atom. The highest BCUT2D eigenvalue weighted by atomic mass is 19.1. The minimum Gasteiger partial charge on any atom is -0.486 e. The molecule has 3 N–H and O–H groups in total. The molecule has 2 aromatic carbocycles. The second-order valence-corrected chi connectivity index (χ2v) is 4.91. The van der Waals surface area contributed by atoms with E-state index in [0.717, 1.165) is 0 Å². The van der Waals surface area contributed by atoms with Crippen molar-refractivity contribution in [3.63, 3.8) is 0 Å². The number of aromatic amines is 1. The maximum absolute atomic E-state index is 12.9. The van der Waals surface area contributed by atoms with Crippen molar-refractivity contribution < 1.29 is 13.5 Å². The Morgan fingerprint density at radius 1 is 1.00 bits per heavy atom. The first-order chi connectivity index (χ1) is 11.1. The normalized spacial score (nSPS) is 12.1. The van der Waals surface area contributed by atoms with Crippen LogP contribution in [-0.2, 0) is 6.61 Å². The van der Waals surface area contributed by atoms with Crippen molar-refractivity contribution in [3.05, 3.63) is 77.4 Å². The van der Waals surface area contributed by atoms with Crippen LogP contribution < -0.4 is 10.5 Å². The summed E-state index contributed by atoms with van der Waals surface area (Å²) in [4.78, 5) is 4.26. The first kappa shape index (κ1) is 15.1. The SMILES string of the molecule is NC(c1ccc(F)cc1)c1n[nH]c(COc2ccc(F)cc2)n1. The zero-order valence-corrected chi connectivity index (χ0v) is 12.0. The van der Waals surface area contributed by atoms with Gasteiger partial charge in [0, 0.05) is 0 Å². The van der Waals surface area contributed by atoms with E-state index in [-0.39, 0.29) is 18.2 Å². The maximum Gasteiger partial charge on any atom is 0.172 e. The topological polar surface area (TPSA) is 76.8 Å². The van der Waals surface area contributed by atoms with Crippen molar-refractivity contribution in [1.29, 1.82) is 0 Å². The molecule has 3 aromatic rings. The van der Waals surface area contributed by atoms with Crippen LogP contribution in [0.3, 0.4) is 0 Å². The smallest absolute Gasteiger partial charge is 0.172 e. The molecule has 1 atom stereocenters. The molecule has 0 fully saturated rings. The summed E-state index contributed by atoms with van der Waals surface area (Å²) in [7, 11) is 0. The van der Waals surface area contributed by atoms with Crippen LogP contribution in [0.1, 0.15) is 23.3 Å². The van der Waals surface area contributed by atoms with Gasteiger partial charge in [0.05, 0.1) is 6.04 Å². The summed E-state index contributed by atoms with van der Waals surface area (Å²) >= 11 is 0. The van der Waals surface area contributed by atoms with Crippen molar-refractivity contribution in [2.24, 2.45) is 5.73 Å². The van der Waals surface area contributed by atoms with Gasteiger partial charge in [-0.15, -0.1) is 0 Å². The second-order valence-electron chi connectivity index (χ2n) is 4.91. The van der Waals surface area contributed by atoms with Gasteiger partial charge < -0.3 is 10.5 Å². The Kier molecular flexibility index (Phi) is 4.29. The number of hydrogen-bond acceptors (Lipinski definition) is 4. The van der Waals surface area contributed by atoms with E-state index in [2.05, 4.69) is 15.2 Å². The van der Waals surface area contributed by atoms with Gasteiger partial charge in [0.15, 0.2) is 11.6 Å². The third kappa shape index (κ3) is 3.70. The second kappa shape index (κ2) is 6.53. The van der Waals surface area contributed by atoms with Crippen LogP contribution in [-0.4, -0.2) is 15.2 Å². The predicted octanol–water partition coefficient (Wildman–Crippen LogP) is 2.71. The highest BCUT2D eigenvalue weighted by Crippen LogP contribution is 2.17. The van der Waals surface area contributed by atoms with Gasteiger partial charge in [0.1, 0.15) is 24.0 Å². The molecule has 1 aromatic heterocycles. The molecule has 0 saturated heterocycles. The summed E-state index contributed by atoms with van der Waals surface area (Å²) in [6.07, 6.45) is 0. The number of ether oxygens (including phenoxy) is 1. The number of aromatic nitrogens is 3. The van der Waals surface area contributed by atoms with Crippen molar-refractivity contribution in [3.8, 4) is 5.75 Å². The highest BCUT2D eigenvalue weighted by molar-refractivity contribution is 5.25. The number of H-pyrrole nitrogens is 1. The zero-order chi connectivity index (χ0) is 16.2. The van der Waals surface area contributed by atoms with E-state index in [1.165, 1.54) is 36.4 Å². The Morgan fingerprint density at radius 2 is 1.61 bits per heavy atom. The van der Waals surface area contributed by atoms with Crippen molar-refractivity contribution >= 4 is 0 Å². The molecule has 118 valence electrons. The lowest BCUT2D eigenvalue weighted by molar-refractivity contribution is 0.296. The molecule has 0 bridgehead atoms. The lowest BCUT2D eigenvalue weighted by Crippen LogP contribution is -2.13. The standard InChI is InChI=1S/C16H14F2N4O/c17-11-3-1-10(2-4-11)15(19)16-20-14(21-22-16)9-23-13-7-5-12(18)6-8-13/h1-8,15H,9,19H2,(H,20,21,22). The number of nitrogens with zero attached hydrogens (tertiary/aromatic N) is 2. The van der Waals surface area contributed by atoms with Crippen LogP contribution >= 0.6 is 0 Å². The Hall–Kier alpha value is -2.80. The van der Waals surface area contributed by atoms with Crippen molar-refractivity contribution in [1.82, 2.24) is 15.2 Å². The van der Waals surface area contributed by atoms with Crippen LogP contribution in [0.2, 0.25) is 0 Å². The first-order valence-corrected chi connectivity index (χ1v) is 6.92. The third-order valence-corrected chi connectivity index (χ3v) is 3.25. The first-order valence-electron chi connectivity index (χ1n) is 6.92. The summed E-state index contributed by atoms with van der Waals surface area (Å²) in [5.74, 6) is 0.734. The molecule has 0 saturated carbocycles. The summed E-state index contributed by atoms with van der Waals surface area (Å²) in [5, 5.41) is 6.78. The number of halogens is 2. The molecule has 0 amide bonds. The van der Waals surface area contributed by atoms with Crippen LogP contribution in [0.15, 0.2) is 48.5 Å². The molecule has 7 heteroatoms. The lowest BCUT2D eigenvalue weighted by Gasteiger charge is -2.07. The molecular formula is C16H14F2N4O. The number of nitrogens with one attached hydrogen (secondary N) is 1. The average molecular weight is 316 g/mol. The summed E-state index contributed by atoms with van der Waals surface area (Å²) in [6.45, 7) is 0.148. The van der Waals surface area contributed by atoms with E-state index in [0.29, 0.717) is 23.0 Å². The molecule has 3 rings (SSSR count). The van der Waals surface area contributed by atoms with E-state index in [1.807, 2.05) is 0 Å². The molecule has 1 unspecified atom stereocenters. The molecule has 1 heterocycles. The van der Waals surface area contributed by atoms with Crippen LogP contribution in [0.5, 0.6) is 5.75 Å². The fraction of sp³-hybridized carbons (Fsp3) is 0.125. The molecule has 0 aliphatic carbocycles. The molecule has 5 nitrogen and oxygen atoms in total. The number of benzene rings is 2. The van der Waals surface area contributed by atoms with Gasteiger partial charge in [-0.05, 0) is 42.0 Å². The van der Waals surface area contributed by atoms with Gasteiger partial charge >= 0.3 is 0 Å². The van der Waals surface area contributed by atoms with E-state index >= 15 is 0 Å². The highest BCUT2D eigenvalue weighted by Gasteiger charge is 2.14. The van der Waals surface area contributed by atoms with Gasteiger partial charge in [0.2, 0.25) is 0 Å². The minimum absolute atomic E-state index is 0.148. The Balaban J connectivity index is 1.65. The molecule has 0 aliphatic heterocycles. The quantitative estimate of drug-likeness (QED) is 0.759. The van der Waals surface area contributed by atoms with E-state index in [4.69, 9.17) is 10.5 Å². The van der Waals surface area contributed by atoms with Crippen molar-refractivity contribution in [2.45, 2.75) is 12.6 Å². The molecule has 0 spiro atoms. The lowest BCUT2D eigenvalue weighted by atomic mass is 10.1. The number of rotatable bonds is 5. The van der Waals surface area contributed by atoms with Gasteiger partial charge in [0.25, 0.3) is 0 Å². The zero-order valence-electron chi connectivity index (χ0n) is 12.0. The van der Waals surface area contributed by atoms with Gasteiger partial charge in [-0.25, -0.2) is 13.8 Å². The number of hydrogen-bond donors (Lipinski definition) is 2. The van der Waals surface area contributed by atoms with Crippen molar-refractivity contribution in [2.75, 3.05) is 0 Å². The molecule has 0 aliphatic rings. The molecule has 0 radical (unpaired) electrons. The largest absolute Gasteiger partial charge is 0.486 e. The van der Waals surface area contributed by atoms with Crippen LogP contribution in [0.4, 0.5) is 8.78 Å². The van der Waals surface area contributed by atoms with E-state index in [1.54, 1.807) is 12.1 Å². The predicted molar refractivity (Wildman–Crippen MR) is 79.5 cm³/mol. The van der Waals surface area contributed by atoms with Crippen LogP contribution in [0.25, 0.3) is 0 Å². The Bertz CT molecular complexity index is 772. The van der Waals surface area contributed by atoms with E-state index in [9.17, 15) is 8.78 Å². The minimum atomic E-state index is -0.563. The van der Waals surface area contributed by atoms with Crippen LogP contribution in [0, 0.1) is 11.6 Å². The summed E-state index contributed by atoms with van der Waals surface area (Å²) < 4.78 is 31.2.